The zero-order valence-electron chi connectivity index (χ0n) is 38.7. The number of aromatic nitrogens is 3. The van der Waals surface area contributed by atoms with Gasteiger partial charge >= 0.3 is 12.1 Å². The standard InChI is InChI=1S/C50H66F2N6O3S/c1-12-35-27-58-40(28-57(35)48(59)61-49(9,10)11)33(8)26-39-42-45(54-47(55-46(42)58)60-29-50-21-14-23-56(50)24-15-22-50)43(52)44(53-39)37-17-13-16-34-18-19-38(51)36(41(34)37)20-25-62(30(2)3,31(4)5)32(6)7/h13,16-19,30-33,35,40H,12,14-15,21-24,26-29H2,1-11H3/t33-,35+,40?/m0/s1. The van der Waals surface area contributed by atoms with Gasteiger partial charge in [-0.05, 0) is 111 Å². The predicted molar refractivity (Wildman–Crippen MR) is 249 cm³/mol. The van der Waals surface area contributed by atoms with E-state index >= 15 is 8.78 Å². The maximum atomic E-state index is 18.0. The van der Waals surface area contributed by atoms with Gasteiger partial charge in [0.2, 0.25) is 0 Å². The molecule has 4 aliphatic rings. The largest absolute Gasteiger partial charge is 0.461 e. The van der Waals surface area contributed by atoms with Crippen molar-refractivity contribution in [3.05, 3.63) is 53.2 Å². The van der Waals surface area contributed by atoms with Crippen LogP contribution in [-0.2, 0) is 11.2 Å². The molecule has 0 saturated carbocycles. The number of carbonyl (C=O) groups is 1. The molecule has 4 aliphatic heterocycles. The Morgan fingerprint density at radius 3 is 2.29 bits per heavy atom. The van der Waals surface area contributed by atoms with E-state index < -0.39 is 27.3 Å². The summed E-state index contributed by atoms with van der Waals surface area (Å²) in [5, 5.41) is 6.41. The normalized spacial score (nSPS) is 21.6. The van der Waals surface area contributed by atoms with Crippen LogP contribution in [0.1, 0.15) is 120 Å². The second-order valence-electron chi connectivity index (χ2n) is 20.0. The van der Waals surface area contributed by atoms with Gasteiger partial charge in [-0.25, -0.2) is 18.6 Å². The van der Waals surface area contributed by atoms with E-state index in [4.69, 9.17) is 24.4 Å². The Morgan fingerprint density at radius 2 is 1.65 bits per heavy atom. The number of fused-ring (bicyclic) bond motifs is 4. The Labute approximate surface area is 369 Å². The average Bonchev–Trinajstić information content (AvgIpc) is 3.78. The molecule has 12 heteroatoms. The predicted octanol–water partition coefficient (Wildman–Crippen LogP) is 10.9. The fraction of sp³-hybridized carbons (Fsp3) is 0.600. The first kappa shape index (κ1) is 44.4. The minimum Gasteiger partial charge on any atom is -0.461 e. The summed E-state index contributed by atoms with van der Waals surface area (Å²) in [7, 11) is -1.51. The van der Waals surface area contributed by atoms with E-state index in [1.165, 1.54) is 6.07 Å². The molecule has 3 saturated heterocycles. The van der Waals surface area contributed by atoms with Crippen LogP contribution in [0.3, 0.4) is 0 Å². The minimum atomic E-state index is -1.51. The van der Waals surface area contributed by atoms with Crippen molar-refractivity contribution in [1.29, 1.82) is 0 Å². The molecule has 9 nitrogen and oxygen atoms in total. The fourth-order valence-electron chi connectivity index (χ4n) is 11.2. The number of halogens is 2. The second-order valence-corrected chi connectivity index (χ2v) is 24.6. The number of nitrogens with zero attached hydrogens (tertiary/aromatic N) is 6. The van der Waals surface area contributed by atoms with Gasteiger partial charge in [0, 0.05) is 24.0 Å². The summed E-state index contributed by atoms with van der Waals surface area (Å²) in [5.41, 5.74) is 0.898. The molecule has 2 aromatic carbocycles. The summed E-state index contributed by atoms with van der Waals surface area (Å²) in [5.74, 6) is 2.88. The highest BCUT2D eigenvalue weighted by molar-refractivity contribution is 8.38. The van der Waals surface area contributed by atoms with Gasteiger partial charge in [-0.2, -0.15) is 20.0 Å². The van der Waals surface area contributed by atoms with Crippen molar-refractivity contribution in [3.63, 3.8) is 0 Å². The first-order chi connectivity index (χ1) is 29.4. The van der Waals surface area contributed by atoms with Crippen molar-refractivity contribution in [2.45, 2.75) is 154 Å². The highest BCUT2D eigenvalue weighted by Crippen LogP contribution is 2.59. The van der Waals surface area contributed by atoms with Gasteiger partial charge < -0.3 is 19.3 Å². The third kappa shape index (κ3) is 7.67. The zero-order chi connectivity index (χ0) is 44.5. The van der Waals surface area contributed by atoms with Crippen LogP contribution in [0.15, 0.2) is 30.3 Å². The number of benzene rings is 2. The molecule has 4 aromatic rings. The molecule has 0 spiro atoms. The number of anilines is 1. The van der Waals surface area contributed by atoms with Crippen LogP contribution in [0.2, 0.25) is 0 Å². The number of rotatable bonds is 8. The molecule has 6 heterocycles. The van der Waals surface area contributed by atoms with E-state index in [9.17, 15) is 4.79 Å². The number of ether oxygens (including phenoxy) is 2. The molecule has 0 aliphatic carbocycles. The van der Waals surface area contributed by atoms with Gasteiger partial charge in [-0.3, -0.25) is 4.90 Å². The van der Waals surface area contributed by atoms with E-state index in [1.54, 1.807) is 6.07 Å². The summed E-state index contributed by atoms with van der Waals surface area (Å²) in [4.78, 5) is 35.7. The molecular weight excluding hydrogens is 803 g/mol. The molecule has 62 heavy (non-hydrogen) atoms. The van der Waals surface area contributed by atoms with Gasteiger partial charge in [0.05, 0.1) is 34.3 Å². The Kier molecular flexibility index (Phi) is 12.0. The van der Waals surface area contributed by atoms with E-state index in [0.717, 1.165) is 44.2 Å². The summed E-state index contributed by atoms with van der Waals surface area (Å²) >= 11 is 0. The summed E-state index contributed by atoms with van der Waals surface area (Å²) < 4.78 is 46.9. The van der Waals surface area contributed by atoms with Crippen molar-refractivity contribution in [2.24, 2.45) is 5.92 Å². The maximum Gasteiger partial charge on any atom is 0.410 e. The maximum absolute atomic E-state index is 18.0. The van der Waals surface area contributed by atoms with Crippen molar-refractivity contribution in [1.82, 2.24) is 24.8 Å². The topological polar surface area (TPSA) is 83.9 Å². The lowest BCUT2D eigenvalue weighted by Gasteiger charge is -2.48. The number of hydrogen-bond donors (Lipinski definition) is 0. The lowest BCUT2D eigenvalue weighted by Crippen LogP contribution is -2.62. The van der Waals surface area contributed by atoms with Crippen molar-refractivity contribution in [2.75, 3.05) is 37.7 Å². The van der Waals surface area contributed by atoms with E-state index in [2.05, 4.69) is 76.4 Å². The SMILES string of the molecule is CC[C@@H]1CN2c3nc(OCC45CCCN4CCC5)nc4c(F)c(-c5cccc6ccc(F)c(C#CS(C(C)C)(C(C)C)C(C)C)c56)nc(c34)C[C@H](C)C2CN1C(=O)OC(C)(C)C. The Morgan fingerprint density at radius 1 is 0.952 bits per heavy atom. The summed E-state index contributed by atoms with van der Waals surface area (Å²) in [6, 6.07) is 8.61. The molecule has 0 bridgehead atoms. The smallest absolute Gasteiger partial charge is 0.410 e. The molecule has 1 amide bonds. The Balaban J connectivity index is 1.32. The van der Waals surface area contributed by atoms with Crippen molar-refractivity contribution in [3.8, 4) is 28.4 Å². The van der Waals surface area contributed by atoms with Gasteiger partial charge in [-0.15, -0.1) is 0 Å². The number of amides is 1. The first-order valence-electron chi connectivity index (χ1n) is 23.0. The molecular formula is C50H66F2N6O3S. The fourth-order valence-corrected chi connectivity index (χ4v) is 15.5. The second kappa shape index (κ2) is 16.7. The molecule has 0 N–H and O–H groups in total. The van der Waals surface area contributed by atoms with Crippen LogP contribution in [0.5, 0.6) is 6.01 Å². The molecule has 8 rings (SSSR count). The van der Waals surface area contributed by atoms with Crippen LogP contribution < -0.4 is 9.64 Å². The zero-order valence-corrected chi connectivity index (χ0v) is 39.5. The van der Waals surface area contributed by atoms with Gasteiger partial charge in [0.15, 0.2) is 5.82 Å². The third-order valence-corrected chi connectivity index (χ3v) is 19.4. The highest BCUT2D eigenvalue weighted by atomic mass is 32.3. The van der Waals surface area contributed by atoms with Crippen LogP contribution >= 0.6 is 10.0 Å². The van der Waals surface area contributed by atoms with Crippen LogP contribution in [0, 0.1) is 28.7 Å². The van der Waals surface area contributed by atoms with Crippen LogP contribution in [-0.4, -0.2) is 103 Å². The number of piperazine rings is 1. The summed E-state index contributed by atoms with van der Waals surface area (Å²) in [6.45, 7) is 26.6. The van der Waals surface area contributed by atoms with Crippen molar-refractivity contribution < 1.29 is 23.0 Å². The van der Waals surface area contributed by atoms with E-state index in [1.807, 2.05) is 43.9 Å². The monoisotopic (exact) mass is 868 g/mol. The number of hydrogen-bond acceptors (Lipinski definition) is 8. The lowest BCUT2D eigenvalue weighted by molar-refractivity contribution is 0.00796. The van der Waals surface area contributed by atoms with Gasteiger partial charge in [0.1, 0.15) is 35.1 Å². The molecule has 2 aromatic heterocycles. The molecule has 3 atom stereocenters. The minimum absolute atomic E-state index is 0.0275. The van der Waals surface area contributed by atoms with Crippen molar-refractivity contribution >= 4 is 43.6 Å². The van der Waals surface area contributed by atoms with Gasteiger partial charge in [0.25, 0.3) is 0 Å². The quantitative estimate of drug-likeness (QED) is 0.162. The lowest BCUT2D eigenvalue weighted by atomic mass is 9.92. The highest BCUT2D eigenvalue weighted by Gasteiger charge is 2.46. The first-order valence-corrected chi connectivity index (χ1v) is 24.8. The molecule has 3 fully saturated rings. The molecule has 0 radical (unpaired) electrons. The van der Waals surface area contributed by atoms with E-state index in [0.29, 0.717) is 76.1 Å². The number of pyridine rings is 1. The number of carbonyl (C=O) groups excluding carboxylic acids is 1. The third-order valence-electron chi connectivity index (χ3n) is 14.2. The summed E-state index contributed by atoms with van der Waals surface area (Å²) in [6.07, 6.45) is 5.16. The molecule has 1 unspecified atom stereocenters. The Hall–Kier alpha value is -4.21. The van der Waals surface area contributed by atoms with Crippen LogP contribution in [0.4, 0.5) is 19.4 Å². The van der Waals surface area contributed by atoms with Crippen LogP contribution in [0.25, 0.3) is 32.9 Å². The van der Waals surface area contributed by atoms with E-state index in [-0.39, 0.29) is 52.4 Å². The molecule has 334 valence electrons. The van der Waals surface area contributed by atoms with Gasteiger partial charge in [-0.1, -0.05) is 85.6 Å². The Bertz CT molecular complexity index is 2410. The average molecular weight is 869 g/mol.